The van der Waals surface area contributed by atoms with Gasteiger partial charge in [-0.05, 0) is 31.0 Å². The molecule has 0 bridgehead atoms. The third-order valence-electron chi connectivity index (χ3n) is 4.08. The van der Waals surface area contributed by atoms with Gasteiger partial charge >= 0.3 is 5.97 Å². The van der Waals surface area contributed by atoms with Crippen LogP contribution in [0.2, 0.25) is 0 Å². The topological polar surface area (TPSA) is 92.8 Å². The second-order valence-corrected chi connectivity index (χ2v) is 5.76. The van der Waals surface area contributed by atoms with Crippen molar-refractivity contribution in [1.82, 2.24) is 10.2 Å². The molecule has 2 fully saturated rings. The number of carbonyl (C=O) groups is 4. The fourth-order valence-corrected chi connectivity index (χ4v) is 2.75. The van der Waals surface area contributed by atoms with E-state index in [1.807, 2.05) is 0 Å². The molecule has 1 aromatic rings. The first kappa shape index (κ1) is 16.1. The van der Waals surface area contributed by atoms with Crippen molar-refractivity contribution in [2.45, 2.75) is 31.3 Å². The highest BCUT2D eigenvalue weighted by Crippen LogP contribution is 2.32. The lowest BCUT2D eigenvalue weighted by Crippen LogP contribution is -2.46. The summed E-state index contributed by atoms with van der Waals surface area (Å²) in [5.41, 5.74) is -0.264. The zero-order chi connectivity index (χ0) is 17.4. The van der Waals surface area contributed by atoms with Crippen molar-refractivity contribution in [3.05, 3.63) is 35.1 Å². The van der Waals surface area contributed by atoms with Crippen LogP contribution in [-0.4, -0.2) is 47.8 Å². The van der Waals surface area contributed by atoms with Gasteiger partial charge in [-0.1, -0.05) is 0 Å². The van der Waals surface area contributed by atoms with Crippen molar-refractivity contribution in [3.63, 3.8) is 0 Å². The number of imide groups is 1. The molecule has 0 aromatic heterocycles. The Labute approximate surface area is 136 Å². The smallest absolute Gasteiger partial charge is 0.337 e. The van der Waals surface area contributed by atoms with Gasteiger partial charge in [0, 0.05) is 6.04 Å². The first-order chi connectivity index (χ1) is 11.4. The minimum atomic E-state index is -0.919. The summed E-state index contributed by atoms with van der Waals surface area (Å²) in [4.78, 5) is 48.7. The van der Waals surface area contributed by atoms with E-state index in [1.54, 1.807) is 0 Å². The lowest BCUT2D eigenvalue weighted by atomic mass is 10.1. The molecule has 0 spiro atoms. The molecular weight excluding hydrogens is 319 g/mol. The van der Waals surface area contributed by atoms with Crippen LogP contribution in [0, 0.1) is 5.82 Å². The number of ether oxygens (including phenoxy) is 1. The molecule has 7 nitrogen and oxygen atoms in total. The van der Waals surface area contributed by atoms with Crippen molar-refractivity contribution in [1.29, 1.82) is 0 Å². The second kappa shape index (κ2) is 6.03. The molecule has 3 amide bonds. The fraction of sp³-hybridized carbons (Fsp3) is 0.375. The molecule has 0 unspecified atom stereocenters. The average Bonchev–Trinajstić information content (AvgIpc) is 3.32. The van der Waals surface area contributed by atoms with Gasteiger partial charge in [0.15, 0.2) is 0 Å². The second-order valence-electron chi connectivity index (χ2n) is 5.76. The summed E-state index contributed by atoms with van der Waals surface area (Å²) < 4.78 is 18.8. The lowest BCUT2D eigenvalue weighted by Gasteiger charge is -2.27. The van der Waals surface area contributed by atoms with Crippen LogP contribution < -0.4 is 5.32 Å². The van der Waals surface area contributed by atoms with E-state index >= 15 is 0 Å². The number of hydrogen-bond donors (Lipinski definition) is 1. The van der Waals surface area contributed by atoms with E-state index in [1.165, 1.54) is 24.1 Å². The normalized spacial score (nSPS) is 19.8. The van der Waals surface area contributed by atoms with E-state index in [2.05, 4.69) is 10.1 Å². The van der Waals surface area contributed by atoms with Crippen LogP contribution in [0.5, 0.6) is 0 Å². The molecule has 1 N–H and O–H groups in total. The molecule has 1 aliphatic heterocycles. The zero-order valence-corrected chi connectivity index (χ0v) is 12.9. The summed E-state index contributed by atoms with van der Waals surface area (Å²) in [6.07, 6.45) is 1.28. The molecule has 1 atom stereocenters. The van der Waals surface area contributed by atoms with Crippen LogP contribution in [0.4, 0.5) is 4.39 Å². The van der Waals surface area contributed by atoms with E-state index < -0.39 is 35.5 Å². The molecule has 1 heterocycles. The molecule has 3 rings (SSSR count). The van der Waals surface area contributed by atoms with Crippen LogP contribution in [0.3, 0.4) is 0 Å². The number of hydrogen-bond acceptors (Lipinski definition) is 5. The Bertz CT molecular complexity index is 744. The highest BCUT2D eigenvalue weighted by molar-refractivity contribution is 6.08. The quantitative estimate of drug-likeness (QED) is 0.644. The third kappa shape index (κ3) is 2.86. The van der Waals surface area contributed by atoms with Gasteiger partial charge in [-0.25, -0.2) is 9.18 Å². The first-order valence-corrected chi connectivity index (χ1v) is 7.46. The SMILES string of the molecule is COC(=O)c1ccc(C(=O)N(C2CC2)[C@H]2CC(=O)NC2=O)c(F)c1. The lowest BCUT2D eigenvalue weighted by molar-refractivity contribution is -0.126. The highest BCUT2D eigenvalue weighted by atomic mass is 19.1. The van der Waals surface area contributed by atoms with Crippen LogP contribution in [0.15, 0.2) is 18.2 Å². The first-order valence-electron chi connectivity index (χ1n) is 7.46. The average molecular weight is 334 g/mol. The minimum absolute atomic E-state index is 0.0155. The van der Waals surface area contributed by atoms with Crippen molar-refractivity contribution in [2.75, 3.05) is 7.11 Å². The maximum atomic E-state index is 14.3. The Morgan fingerprint density at radius 1 is 1.29 bits per heavy atom. The predicted molar refractivity (Wildman–Crippen MR) is 78.5 cm³/mol. The molecule has 0 radical (unpaired) electrons. The summed E-state index contributed by atoms with van der Waals surface area (Å²) in [7, 11) is 1.17. The number of methoxy groups -OCH3 is 1. The number of nitrogens with zero attached hydrogens (tertiary/aromatic N) is 1. The summed E-state index contributed by atoms with van der Waals surface area (Å²) in [6, 6.07) is 2.29. The van der Waals surface area contributed by atoms with Crippen LogP contribution in [-0.2, 0) is 14.3 Å². The van der Waals surface area contributed by atoms with Crippen LogP contribution >= 0.6 is 0 Å². The van der Waals surface area contributed by atoms with Gasteiger partial charge in [0.2, 0.25) is 11.8 Å². The van der Waals surface area contributed by atoms with Gasteiger partial charge in [-0.2, -0.15) is 0 Å². The molecule has 126 valence electrons. The van der Waals surface area contributed by atoms with Gasteiger partial charge in [0.1, 0.15) is 11.9 Å². The number of esters is 1. The van der Waals surface area contributed by atoms with Crippen LogP contribution in [0.25, 0.3) is 0 Å². The molecule has 1 saturated carbocycles. The minimum Gasteiger partial charge on any atom is -0.465 e. The van der Waals surface area contributed by atoms with Crippen molar-refractivity contribution in [3.8, 4) is 0 Å². The number of carbonyl (C=O) groups excluding carboxylic acids is 4. The predicted octanol–water partition coefficient (Wildman–Crippen LogP) is 0.632. The Kier molecular flexibility index (Phi) is 4.04. The van der Waals surface area contributed by atoms with E-state index in [9.17, 15) is 23.6 Å². The monoisotopic (exact) mass is 334 g/mol. The molecule has 1 aliphatic carbocycles. The number of amides is 3. The van der Waals surface area contributed by atoms with E-state index in [0.717, 1.165) is 6.07 Å². The summed E-state index contributed by atoms with van der Waals surface area (Å²) in [5, 5.41) is 2.16. The molecule has 24 heavy (non-hydrogen) atoms. The molecule has 8 heteroatoms. The molecule has 1 saturated heterocycles. The Morgan fingerprint density at radius 2 is 2.00 bits per heavy atom. The van der Waals surface area contributed by atoms with Gasteiger partial charge < -0.3 is 9.64 Å². The van der Waals surface area contributed by atoms with Gasteiger partial charge in [0.05, 0.1) is 24.7 Å². The van der Waals surface area contributed by atoms with Gasteiger partial charge in [0.25, 0.3) is 5.91 Å². The van der Waals surface area contributed by atoms with Crippen LogP contribution in [0.1, 0.15) is 40.0 Å². The number of benzene rings is 1. The number of halogens is 1. The largest absolute Gasteiger partial charge is 0.465 e. The van der Waals surface area contributed by atoms with Crippen molar-refractivity contribution < 1.29 is 28.3 Å². The maximum Gasteiger partial charge on any atom is 0.337 e. The zero-order valence-electron chi connectivity index (χ0n) is 12.9. The van der Waals surface area contributed by atoms with Crippen molar-refractivity contribution in [2.24, 2.45) is 0 Å². The van der Waals surface area contributed by atoms with Gasteiger partial charge in [-0.15, -0.1) is 0 Å². The fourth-order valence-electron chi connectivity index (χ4n) is 2.75. The number of nitrogens with one attached hydrogen (secondary N) is 1. The highest BCUT2D eigenvalue weighted by Gasteiger charge is 2.45. The summed E-state index contributed by atoms with van der Waals surface area (Å²) >= 11 is 0. The molecular formula is C16H15FN2O5. The van der Waals surface area contributed by atoms with Gasteiger partial charge in [-0.3, -0.25) is 19.7 Å². The standard InChI is InChI=1S/C16H15FN2O5/c1-24-16(23)8-2-5-10(11(17)6-8)15(22)19(9-3-4-9)12-7-13(20)18-14(12)21/h2,5-6,9,12H,3-4,7H2,1H3,(H,18,20,21)/t12-/m0/s1. The Hall–Kier alpha value is -2.77. The number of rotatable bonds is 4. The summed E-state index contributed by atoms with van der Waals surface area (Å²) in [6.45, 7) is 0. The van der Waals surface area contributed by atoms with E-state index in [4.69, 9.17) is 0 Å². The van der Waals surface area contributed by atoms with E-state index in [-0.39, 0.29) is 23.6 Å². The Morgan fingerprint density at radius 3 is 2.50 bits per heavy atom. The van der Waals surface area contributed by atoms with Crippen molar-refractivity contribution >= 4 is 23.7 Å². The summed E-state index contributed by atoms with van der Waals surface area (Å²) in [5.74, 6) is -3.26. The maximum absolute atomic E-state index is 14.3. The third-order valence-corrected chi connectivity index (χ3v) is 4.08. The molecule has 1 aromatic carbocycles. The Balaban J connectivity index is 1.90. The molecule has 2 aliphatic rings. The van der Waals surface area contributed by atoms with E-state index in [0.29, 0.717) is 12.8 Å².